The summed E-state index contributed by atoms with van der Waals surface area (Å²) in [4.78, 5) is 2.59. The fraction of sp³-hybridized carbons (Fsp3) is 0.200. The number of aromatic amines is 1. The van der Waals surface area contributed by atoms with E-state index in [4.69, 9.17) is 5.11 Å². The Morgan fingerprint density at radius 3 is 2.62 bits per heavy atom. The number of para-hydroxylation sites is 1. The summed E-state index contributed by atoms with van der Waals surface area (Å²) >= 11 is 0. The molecule has 70 valence electrons. The third-order valence-corrected chi connectivity index (χ3v) is 1.50. The number of halogens is 1. The number of hydrogen-bond donors (Lipinski definition) is 2. The van der Waals surface area contributed by atoms with Crippen LogP contribution in [0.15, 0.2) is 30.3 Å². The van der Waals surface area contributed by atoms with Gasteiger partial charge in [0.25, 0.3) is 0 Å². The van der Waals surface area contributed by atoms with Crippen molar-refractivity contribution in [2.45, 2.75) is 6.92 Å². The number of nitrogens with one attached hydrogen (secondary N) is 1. The molecule has 0 aliphatic carbocycles. The molecule has 0 amide bonds. The van der Waals surface area contributed by atoms with Gasteiger partial charge in [0.1, 0.15) is 0 Å². The van der Waals surface area contributed by atoms with Gasteiger partial charge in [-0.2, -0.15) is 4.39 Å². The van der Waals surface area contributed by atoms with E-state index < -0.39 is 0 Å². The summed E-state index contributed by atoms with van der Waals surface area (Å²) in [6, 6.07) is 8.95. The summed E-state index contributed by atoms with van der Waals surface area (Å²) in [5.41, 5.74) is 0.847. The minimum atomic E-state index is -0.277. The van der Waals surface area contributed by atoms with Crippen LogP contribution in [0.5, 0.6) is 0 Å². The Morgan fingerprint density at radius 2 is 2.00 bits per heavy atom. The van der Waals surface area contributed by atoms with Gasteiger partial charge in [-0.1, -0.05) is 18.2 Å². The van der Waals surface area contributed by atoms with Crippen molar-refractivity contribution in [1.82, 2.24) is 4.98 Å². The van der Waals surface area contributed by atoms with E-state index in [1.165, 1.54) is 6.07 Å². The fourth-order valence-electron chi connectivity index (χ4n) is 1.04. The van der Waals surface area contributed by atoms with Gasteiger partial charge in [0.15, 0.2) is 5.95 Å². The number of aromatic nitrogens is 1. The Labute approximate surface area is 76.0 Å². The zero-order valence-corrected chi connectivity index (χ0v) is 7.42. The summed E-state index contributed by atoms with van der Waals surface area (Å²) in [5, 5.41) is 8.49. The molecule has 0 atom stereocenters. The fourth-order valence-corrected chi connectivity index (χ4v) is 1.04. The van der Waals surface area contributed by atoms with E-state index in [2.05, 4.69) is 4.98 Å². The predicted molar refractivity (Wildman–Crippen MR) is 51.0 cm³/mol. The normalized spacial score (nSPS) is 9.46. The number of rotatable bonds is 0. The van der Waals surface area contributed by atoms with Crippen molar-refractivity contribution in [2.75, 3.05) is 6.61 Å². The molecule has 2 N–H and O–H groups in total. The van der Waals surface area contributed by atoms with Crippen LogP contribution in [0.25, 0.3) is 10.9 Å². The number of hydrogen-bond acceptors (Lipinski definition) is 1. The van der Waals surface area contributed by atoms with Crippen LogP contribution in [0.1, 0.15) is 6.92 Å². The maximum atomic E-state index is 12.5. The number of benzene rings is 1. The van der Waals surface area contributed by atoms with Gasteiger partial charge in [-0.15, -0.1) is 0 Å². The molecule has 2 rings (SSSR count). The molecule has 13 heavy (non-hydrogen) atoms. The Bertz CT molecular complexity index is 337. The van der Waals surface area contributed by atoms with Gasteiger partial charge in [0.2, 0.25) is 0 Å². The molecule has 0 unspecified atom stereocenters. The summed E-state index contributed by atoms with van der Waals surface area (Å²) in [6.45, 7) is 1.93. The van der Waals surface area contributed by atoms with Crippen molar-refractivity contribution < 1.29 is 9.50 Å². The lowest BCUT2D eigenvalue weighted by atomic mass is 10.3. The summed E-state index contributed by atoms with van der Waals surface area (Å²) in [6.07, 6.45) is 0. The van der Waals surface area contributed by atoms with Crippen LogP contribution in [-0.4, -0.2) is 16.7 Å². The molecule has 2 nitrogen and oxygen atoms in total. The molecule has 3 heteroatoms. The van der Waals surface area contributed by atoms with Crippen molar-refractivity contribution in [1.29, 1.82) is 0 Å². The second-order valence-electron chi connectivity index (χ2n) is 2.52. The molecule has 1 aromatic carbocycles. The molecule has 0 aliphatic rings. The van der Waals surface area contributed by atoms with Gasteiger partial charge < -0.3 is 10.1 Å². The quantitative estimate of drug-likeness (QED) is 0.642. The average molecular weight is 181 g/mol. The zero-order chi connectivity index (χ0) is 9.68. The van der Waals surface area contributed by atoms with Gasteiger partial charge in [-0.05, 0) is 13.0 Å². The largest absolute Gasteiger partial charge is 0.397 e. The van der Waals surface area contributed by atoms with E-state index in [9.17, 15) is 4.39 Å². The highest BCUT2D eigenvalue weighted by Gasteiger charge is 1.95. The number of aliphatic hydroxyl groups excluding tert-OH is 1. The topological polar surface area (TPSA) is 36.0 Å². The molecule has 0 saturated carbocycles. The van der Waals surface area contributed by atoms with Crippen LogP contribution < -0.4 is 0 Å². The van der Waals surface area contributed by atoms with E-state index >= 15 is 0 Å². The van der Waals surface area contributed by atoms with Crippen LogP contribution in [0.2, 0.25) is 0 Å². The number of aliphatic hydroxyl groups is 1. The van der Waals surface area contributed by atoms with Crippen LogP contribution in [0.3, 0.4) is 0 Å². The Kier molecular flexibility index (Phi) is 3.46. The first-order valence-electron chi connectivity index (χ1n) is 4.12. The predicted octanol–water partition coefficient (Wildman–Crippen LogP) is 2.31. The maximum absolute atomic E-state index is 12.5. The van der Waals surface area contributed by atoms with E-state index in [-0.39, 0.29) is 12.6 Å². The summed E-state index contributed by atoms with van der Waals surface area (Å²) in [5.74, 6) is -0.277. The van der Waals surface area contributed by atoms with Crippen LogP contribution >= 0.6 is 0 Å². The molecule has 1 heterocycles. The molecule has 0 spiro atoms. The summed E-state index contributed by atoms with van der Waals surface area (Å²) < 4.78 is 12.5. The molecule has 0 bridgehead atoms. The highest BCUT2D eigenvalue weighted by Crippen LogP contribution is 2.12. The third-order valence-electron chi connectivity index (χ3n) is 1.50. The average Bonchev–Trinajstić information content (AvgIpc) is 2.45. The lowest BCUT2D eigenvalue weighted by Gasteiger charge is -1.82. The van der Waals surface area contributed by atoms with Crippen LogP contribution in [0, 0.1) is 5.95 Å². The number of H-pyrrole nitrogens is 1. The van der Waals surface area contributed by atoms with Gasteiger partial charge >= 0.3 is 0 Å². The zero-order valence-electron chi connectivity index (χ0n) is 7.42. The first-order valence-corrected chi connectivity index (χ1v) is 4.12. The highest BCUT2D eigenvalue weighted by molar-refractivity contribution is 5.79. The van der Waals surface area contributed by atoms with Crippen molar-refractivity contribution >= 4 is 10.9 Å². The molecule has 0 saturated heterocycles. The van der Waals surface area contributed by atoms with Crippen LogP contribution in [-0.2, 0) is 0 Å². The lowest BCUT2D eigenvalue weighted by molar-refractivity contribution is 0.318. The Morgan fingerprint density at radius 1 is 1.38 bits per heavy atom. The standard InChI is InChI=1S/C8H6FN.C2H6O/c9-8-5-6-3-1-2-4-7(6)10-8;1-2-3/h1-5,10H;3H,2H2,1H3. The number of fused-ring (bicyclic) bond motifs is 1. The maximum Gasteiger partial charge on any atom is 0.192 e. The molecule has 0 radical (unpaired) electrons. The van der Waals surface area contributed by atoms with E-state index in [0.29, 0.717) is 0 Å². The van der Waals surface area contributed by atoms with Gasteiger partial charge in [-0.3, -0.25) is 0 Å². The van der Waals surface area contributed by atoms with E-state index in [1.807, 2.05) is 24.3 Å². The lowest BCUT2D eigenvalue weighted by Crippen LogP contribution is -1.66. The minimum Gasteiger partial charge on any atom is -0.397 e. The van der Waals surface area contributed by atoms with Gasteiger partial charge in [-0.25, -0.2) is 0 Å². The molecule has 1 aromatic heterocycles. The van der Waals surface area contributed by atoms with Crippen molar-refractivity contribution in [3.63, 3.8) is 0 Å². The van der Waals surface area contributed by atoms with E-state index in [0.717, 1.165) is 10.9 Å². The van der Waals surface area contributed by atoms with Gasteiger partial charge in [0.05, 0.1) is 0 Å². The molecular weight excluding hydrogens is 169 g/mol. The molecule has 0 fully saturated rings. The van der Waals surface area contributed by atoms with Crippen molar-refractivity contribution in [3.05, 3.63) is 36.3 Å². The Balaban J connectivity index is 0.000000251. The van der Waals surface area contributed by atoms with Gasteiger partial charge in [0, 0.05) is 23.6 Å². The first-order chi connectivity index (χ1) is 6.27. The smallest absolute Gasteiger partial charge is 0.192 e. The monoisotopic (exact) mass is 181 g/mol. The molecule has 0 aliphatic heterocycles. The second kappa shape index (κ2) is 4.62. The van der Waals surface area contributed by atoms with Crippen molar-refractivity contribution in [3.8, 4) is 0 Å². The minimum absolute atomic E-state index is 0.250. The summed E-state index contributed by atoms with van der Waals surface area (Å²) in [7, 11) is 0. The molecule has 2 aromatic rings. The SMILES string of the molecule is CCO.Fc1cc2ccccc2[nH]1. The second-order valence-corrected chi connectivity index (χ2v) is 2.52. The van der Waals surface area contributed by atoms with E-state index in [1.54, 1.807) is 6.92 Å². The Hall–Kier alpha value is -1.35. The van der Waals surface area contributed by atoms with Crippen molar-refractivity contribution in [2.24, 2.45) is 0 Å². The highest BCUT2D eigenvalue weighted by atomic mass is 19.1. The molecular formula is C10H12FNO. The first kappa shape index (κ1) is 9.74. The van der Waals surface area contributed by atoms with Crippen LogP contribution in [0.4, 0.5) is 4.39 Å². The third kappa shape index (κ3) is 2.56.